The van der Waals surface area contributed by atoms with Gasteiger partial charge in [0, 0.05) is 0 Å². The minimum Gasteiger partial charge on any atom is -0.394 e. The normalized spacial score (nSPS) is 13.7. The predicted molar refractivity (Wildman–Crippen MR) is 231 cm³/mol. The summed E-state index contributed by atoms with van der Waals surface area (Å²) in [4.78, 5) is 12.4. The third-order valence-corrected chi connectivity index (χ3v) is 11.0. The van der Waals surface area contributed by atoms with Gasteiger partial charge in [0.05, 0.1) is 31.3 Å². The first kappa shape index (κ1) is 51.8. The molecule has 0 aromatic rings. The zero-order chi connectivity index (χ0) is 38.7. The van der Waals surface area contributed by atoms with Crippen LogP contribution in [0.1, 0.15) is 251 Å². The van der Waals surface area contributed by atoms with E-state index in [1.54, 1.807) is 6.08 Å². The molecule has 5 heteroatoms. The maximum Gasteiger partial charge on any atom is 0.222 e. The summed E-state index contributed by atoms with van der Waals surface area (Å²) in [6.07, 6.45) is 53.4. The van der Waals surface area contributed by atoms with E-state index in [1.165, 1.54) is 199 Å². The first-order valence-electron chi connectivity index (χ1n) is 23.6. The summed E-state index contributed by atoms with van der Waals surface area (Å²) in [6, 6.07) is -0.741. The lowest BCUT2D eigenvalue weighted by Crippen LogP contribution is -2.45. The second kappa shape index (κ2) is 43.6. The second-order valence-electron chi connectivity index (χ2n) is 16.4. The summed E-state index contributed by atoms with van der Waals surface area (Å²) in [5, 5.41) is 33.2. The lowest BCUT2D eigenvalue weighted by molar-refractivity contribution is -0.124. The van der Waals surface area contributed by atoms with Crippen LogP contribution in [0.3, 0.4) is 0 Å². The Hall–Kier alpha value is -1.17. The van der Waals surface area contributed by atoms with Crippen LogP contribution >= 0.6 is 0 Å². The third kappa shape index (κ3) is 40.3. The number of carbonyl (C=O) groups is 1. The average molecular weight is 748 g/mol. The standard InChI is InChI=1S/C48H93NO4/c1-3-5-7-9-11-13-15-17-18-19-20-21-22-23-24-25-26-27-28-29-30-31-33-35-37-39-41-45(51)43-48(53)49-46(44-50)47(52)42-40-38-36-34-32-16-14-12-10-8-6-4-2/h23-24,40,42,45-47,50-52H,3-22,25-39,41,43-44H2,1-2H3,(H,49,53)/b24-23-,42-40+. The van der Waals surface area contributed by atoms with Gasteiger partial charge in [0.15, 0.2) is 0 Å². The fourth-order valence-corrected chi connectivity index (χ4v) is 7.34. The number of hydrogen-bond acceptors (Lipinski definition) is 4. The Bertz CT molecular complexity index is 784. The van der Waals surface area contributed by atoms with E-state index in [4.69, 9.17) is 0 Å². The average Bonchev–Trinajstić information content (AvgIpc) is 3.15. The first-order valence-corrected chi connectivity index (χ1v) is 23.6. The van der Waals surface area contributed by atoms with E-state index in [2.05, 4.69) is 31.3 Å². The molecule has 0 fully saturated rings. The van der Waals surface area contributed by atoms with E-state index in [0.717, 1.165) is 25.7 Å². The van der Waals surface area contributed by atoms with Gasteiger partial charge in [0.25, 0.3) is 0 Å². The predicted octanol–water partition coefficient (Wildman–Crippen LogP) is 13.8. The molecule has 0 saturated carbocycles. The largest absolute Gasteiger partial charge is 0.394 e. The van der Waals surface area contributed by atoms with Gasteiger partial charge in [-0.25, -0.2) is 0 Å². The molecule has 53 heavy (non-hydrogen) atoms. The van der Waals surface area contributed by atoms with Gasteiger partial charge in [0.2, 0.25) is 5.91 Å². The Morgan fingerprint density at radius 2 is 0.792 bits per heavy atom. The van der Waals surface area contributed by atoms with Crippen LogP contribution in [0.4, 0.5) is 0 Å². The number of allylic oxidation sites excluding steroid dienone is 3. The molecule has 0 heterocycles. The number of aliphatic hydroxyl groups is 3. The summed E-state index contributed by atoms with van der Waals surface area (Å²) >= 11 is 0. The highest BCUT2D eigenvalue weighted by molar-refractivity contribution is 5.76. The van der Waals surface area contributed by atoms with Gasteiger partial charge in [-0.1, -0.05) is 224 Å². The van der Waals surface area contributed by atoms with Crippen molar-refractivity contribution in [3.63, 3.8) is 0 Å². The highest BCUT2D eigenvalue weighted by atomic mass is 16.3. The summed E-state index contributed by atoms with van der Waals surface area (Å²) in [7, 11) is 0. The van der Waals surface area contributed by atoms with E-state index in [0.29, 0.717) is 6.42 Å². The smallest absolute Gasteiger partial charge is 0.222 e. The molecule has 1 amide bonds. The third-order valence-electron chi connectivity index (χ3n) is 11.0. The lowest BCUT2D eigenvalue weighted by atomic mass is 10.0. The molecule has 4 N–H and O–H groups in total. The van der Waals surface area contributed by atoms with Crippen molar-refractivity contribution >= 4 is 5.91 Å². The molecule has 0 spiro atoms. The van der Waals surface area contributed by atoms with Crippen LogP contribution in [0.2, 0.25) is 0 Å². The molecule has 0 aliphatic rings. The van der Waals surface area contributed by atoms with Gasteiger partial charge >= 0.3 is 0 Å². The van der Waals surface area contributed by atoms with Crippen LogP contribution in [-0.4, -0.2) is 46.1 Å². The molecule has 5 nitrogen and oxygen atoms in total. The molecule has 314 valence electrons. The quantitative estimate of drug-likeness (QED) is 0.0369. The molecule has 0 aliphatic heterocycles. The fourth-order valence-electron chi connectivity index (χ4n) is 7.34. The highest BCUT2D eigenvalue weighted by Gasteiger charge is 2.20. The minimum absolute atomic E-state index is 0.0147. The van der Waals surface area contributed by atoms with Gasteiger partial charge in [0.1, 0.15) is 0 Å². The number of hydrogen-bond donors (Lipinski definition) is 4. The van der Waals surface area contributed by atoms with E-state index >= 15 is 0 Å². The van der Waals surface area contributed by atoms with Crippen molar-refractivity contribution in [2.24, 2.45) is 0 Å². The van der Waals surface area contributed by atoms with Crippen LogP contribution < -0.4 is 5.32 Å². The summed E-state index contributed by atoms with van der Waals surface area (Å²) in [5.41, 5.74) is 0. The van der Waals surface area contributed by atoms with Crippen LogP contribution in [-0.2, 0) is 4.79 Å². The lowest BCUT2D eigenvalue weighted by Gasteiger charge is -2.21. The van der Waals surface area contributed by atoms with Crippen molar-refractivity contribution < 1.29 is 20.1 Å². The zero-order valence-corrected chi connectivity index (χ0v) is 35.7. The Balaban J connectivity index is 3.56. The van der Waals surface area contributed by atoms with Gasteiger partial charge in [-0.05, 0) is 44.9 Å². The highest BCUT2D eigenvalue weighted by Crippen LogP contribution is 2.16. The zero-order valence-electron chi connectivity index (χ0n) is 35.7. The maximum absolute atomic E-state index is 12.4. The molecule has 0 aromatic carbocycles. The van der Waals surface area contributed by atoms with Crippen molar-refractivity contribution in [2.45, 2.75) is 270 Å². The molecule has 3 unspecified atom stereocenters. The Morgan fingerprint density at radius 1 is 0.472 bits per heavy atom. The number of unbranched alkanes of at least 4 members (excludes halogenated alkanes) is 32. The first-order chi connectivity index (χ1) is 26.0. The monoisotopic (exact) mass is 748 g/mol. The Morgan fingerprint density at radius 3 is 1.15 bits per heavy atom. The van der Waals surface area contributed by atoms with Gasteiger partial charge < -0.3 is 20.6 Å². The molecular formula is C48H93NO4. The molecule has 3 atom stereocenters. The number of nitrogens with one attached hydrogen (secondary N) is 1. The van der Waals surface area contributed by atoms with Crippen molar-refractivity contribution in [3.8, 4) is 0 Å². The van der Waals surface area contributed by atoms with Gasteiger partial charge in [-0.15, -0.1) is 0 Å². The fraction of sp³-hybridized carbons (Fsp3) is 0.896. The van der Waals surface area contributed by atoms with Crippen LogP contribution in [0.15, 0.2) is 24.3 Å². The molecule has 0 rings (SSSR count). The van der Waals surface area contributed by atoms with E-state index in [9.17, 15) is 20.1 Å². The summed E-state index contributed by atoms with van der Waals surface area (Å²) in [6.45, 7) is 4.21. The van der Waals surface area contributed by atoms with Crippen LogP contribution in [0, 0.1) is 0 Å². The van der Waals surface area contributed by atoms with Crippen molar-refractivity contribution in [1.82, 2.24) is 5.32 Å². The van der Waals surface area contributed by atoms with Crippen molar-refractivity contribution in [1.29, 1.82) is 0 Å². The number of amides is 1. The second-order valence-corrected chi connectivity index (χ2v) is 16.4. The van der Waals surface area contributed by atoms with E-state index in [1.807, 2.05) is 6.08 Å². The number of aliphatic hydroxyl groups excluding tert-OH is 3. The van der Waals surface area contributed by atoms with Gasteiger partial charge in [-0.3, -0.25) is 4.79 Å². The number of carbonyl (C=O) groups excluding carboxylic acids is 1. The van der Waals surface area contributed by atoms with E-state index < -0.39 is 18.2 Å². The Kier molecular flexibility index (Phi) is 42.6. The SMILES string of the molecule is CCCCCCCCCCCC/C=C/C(O)C(CO)NC(=O)CC(O)CCCCCCCCCCCC/C=C\CCCCCCCCCCCCCC. The molecule has 0 saturated heterocycles. The Labute approximate surface area is 331 Å². The summed E-state index contributed by atoms with van der Waals surface area (Å²) in [5.74, 6) is -0.315. The molecule has 0 aliphatic carbocycles. The van der Waals surface area contributed by atoms with Gasteiger partial charge in [-0.2, -0.15) is 0 Å². The maximum atomic E-state index is 12.4. The minimum atomic E-state index is -0.926. The molecular weight excluding hydrogens is 655 g/mol. The molecule has 0 aromatic heterocycles. The van der Waals surface area contributed by atoms with Crippen molar-refractivity contribution in [3.05, 3.63) is 24.3 Å². The van der Waals surface area contributed by atoms with Crippen LogP contribution in [0.25, 0.3) is 0 Å². The topological polar surface area (TPSA) is 89.8 Å². The molecule has 0 radical (unpaired) electrons. The van der Waals surface area contributed by atoms with E-state index in [-0.39, 0.29) is 18.9 Å². The molecule has 0 bridgehead atoms. The summed E-state index contributed by atoms with van der Waals surface area (Å²) < 4.78 is 0. The number of rotatable bonds is 43. The van der Waals surface area contributed by atoms with Crippen molar-refractivity contribution in [2.75, 3.05) is 6.61 Å². The van der Waals surface area contributed by atoms with Crippen LogP contribution in [0.5, 0.6) is 0 Å².